The van der Waals surface area contributed by atoms with E-state index < -0.39 is 0 Å². The van der Waals surface area contributed by atoms with Crippen LogP contribution in [0.2, 0.25) is 0 Å². The second kappa shape index (κ2) is 5.35. The summed E-state index contributed by atoms with van der Waals surface area (Å²) in [6.45, 7) is 5.64. The molecule has 0 aliphatic carbocycles. The van der Waals surface area contributed by atoms with Crippen molar-refractivity contribution in [1.29, 1.82) is 0 Å². The van der Waals surface area contributed by atoms with E-state index in [0.29, 0.717) is 0 Å². The summed E-state index contributed by atoms with van der Waals surface area (Å²) < 4.78 is 0. The molecule has 0 radical (unpaired) electrons. The maximum atomic E-state index is 3.26. The highest BCUT2D eigenvalue weighted by molar-refractivity contribution is 5.59. The zero-order valence-corrected chi connectivity index (χ0v) is 10.4. The molecule has 0 atom stereocenters. The minimum absolute atomic E-state index is 0.966. The first-order valence-corrected chi connectivity index (χ1v) is 6.31. The van der Waals surface area contributed by atoms with Crippen molar-refractivity contribution in [3.8, 4) is 0 Å². The van der Waals surface area contributed by atoms with Crippen molar-refractivity contribution in [3.05, 3.63) is 29.3 Å². The van der Waals surface area contributed by atoms with Crippen molar-refractivity contribution in [2.75, 3.05) is 25.0 Å². The molecule has 1 N–H and O–H groups in total. The van der Waals surface area contributed by atoms with Crippen LogP contribution in [0.25, 0.3) is 0 Å². The Morgan fingerprint density at radius 3 is 2.62 bits per heavy atom. The van der Waals surface area contributed by atoms with Gasteiger partial charge in [-0.1, -0.05) is 18.2 Å². The van der Waals surface area contributed by atoms with Crippen LogP contribution < -0.4 is 10.2 Å². The van der Waals surface area contributed by atoms with Gasteiger partial charge in [0.2, 0.25) is 0 Å². The Balaban J connectivity index is 2.28. The molecule has 1 saturated heterocycles. The normalized spacial score (nSPS) is 16.5. The number of rotatable bonds is 3. The van der Waals surface area contributed by atoms with Crippen molar-refractivity contribution in [3.63, 3.8) is 0 Å². The van der Waals surface area contributed by atoms with Crippen LogP contribution >= 0.6 is 0 Å². The van der Waals surface area contributed by atoms with Crippen LogP contribution in [-0.2, 0) is 6.54 Å². The highest BCUT2D eigenvalue weighted by Gasteiger charge is 2.15. The molecule has 2 heteroatoms. The highest BCUT2D eigenvalue weighted by atomic mass is 15.1. The largest absolute Gasteiger partial charge is 0.371 e. The van der Waals surface area contributed by atoms with E-state index in [9.17, 15) is 0 Å². The molecule has 2 rings (SSSR count). The Morgan fingerprint density at radius 2 is 1.94 bits per heavy atom. The molecule has 0 aromatic heterocycles. The molecular formula is C14H22N2. The van der Waals surface area contributed by atoms with Gasteiger partial charge in [0.05, 0.1) is 0 Å². The van der Waals surface area contributed by atoms with Gasteiger partial charge in [0.25, 0.3) is 0 Å². The van der Waals surface area contributed by atoms with Gasteiger partial charge in [-0.2, -0.15) is 0 Å². The maximum Gasteiger partial charge on any atom is 0.0441 e. The monoisotopic (exact) mass is 218 g/mol. The number of nitrogens with one attached hydrogen (secondary N) is 1. The Hall–Kier alpha value is -1.02. The molecule has 1 aromatic rings. The molecule has 0 spiro atoms. The highest BCUT2D eigenvalue weighted by Crippen LogP contribution is 2.27. The molecule has 1 aliphatic rings. The van der Waals surface area contributed by atoms with Crippen LogP contribution in [0.3, 0.4) is 0 Å². The van der Waals surface area contributed by atoms with E-state index in [2.05, 4.69) is 35.3 Å². The van der Waals surface area contributed by atoms with E-state index >= 15 is 0 Å². The van der Waals surface area contributed by atoms with Crippen molar-refractivity contribution in [2.45, 2.75) is 32.7 Å². The molecule has 0 saturated carbocycles. The summed E-state index contributed by atoms with van der Waals surface area (Å²) in [7, 11) is 2.02. The summed E-state index contributed by atoms with van der Waals surface area (Å²) in [5.41, 5.74) is 4.32. The first kappa shape index (κ1) is 11.5. The SMILES string of the molecule is CNCc1cccc(C)c1N1CCCCC1. The Bertz CT molecular complexity index is 341. The van der Waals surface area contributed by atoms with Crippen molar-refractivity contribution in [2.24, 2.45) is 0 Å². The van der Waals surface area contributed by atoms with Gasteiger partial charge < -0.3 is 10.2 Å². The molecule has 0 amide bonds. The lowest BCUT2D eigenvalue weighted by Crippen LogP contribution is -2.31. The van der Waals surface area contributed by atoms with Gasteiger partial charge in [0, 0.05) is 25.3 Å². The smallest absolute Gasteiger partial charge is 0.0441 e. The Kier molecular flexibility index (Phi) is 3.83. The summed E-state index contributed by atoms with van der Waals surface area (Å²) in [4.78, 5) is 2.56. The molecule has 16 heavy (non-hydrogen) atoms. The fourth-order valence-electron chi connectivity index (χ4n) is 2.62. The van der Waals surface area contributed by atoms with Crippen LogP contribution in [0.5, 0.6) is 0 Å². The molecule has 0 bridgehead atoms. The number of anilines is 1. The lowest BCUT2D eigenvalue weighted by atomic mass is 10.0. The van der Waals surface area contributed by atoms with Gasteiger partial charge in [0.15, 0.2) is 0 Å². The first-order valence-electron chi connectivity index (χ1n) is 6.31. The van der Waals surface area contributed by atoms with Crippen molar-refractivity contribution in [1.82, 2.24) is 5.32 Å². The van der Waals surface area contributed by atoms with Gasteiger partial charge >= 0.3 is 0 Å². The number of aryl methyl sites for hydroxylation is 1. The van der Waals surface area contributed by atoms with E-state index in [4.69, 9.17) is 0 Å². The molecule has 1 aliphatic heterocycles. The summed E-state index contributed by atoms with van der Waals surface area (Å²) in [6, 6.07) is 6.63. The summed E-state index contributed by atoms with van der Waals surface area (Å²) >= 11 is 0. The number of para-hydroxylation sites is 1. The number of nitrogens with zero attached hydrogens (tertiary/aromatic N) is 1. The predicted octanol–water partition coefficient (Wildman–Crippen LogP) is 2.70. The third kappa shape index (κ3) is 2.38. The molecule has 1 heterocycles. The van der Waals surface area contributed by atoms with Crippen LogP contribution in [0.4, 0.5) is 5.69 Å². The minimum atomic E-state index is 0.966. The maximum absolute atomic E-state index is 3.26. The third-order valence-corrected chi connectivity index (χ3v) is 3.36. The quantitative estimate of drug-likeness (QED) is 0.839. The molecule has 1 fully saturated rings. The van der Waals surface area contributed by atoms with Crippen LogP contribution in [0.15, 0.2) is 18.2 Å². The Morgan fingerprint density at radius 1 is 1.19 bits per heavy atom. The van der Waals surface area contributed by atoms with E-state index in [0.717, 1.165) is 6.54 Å². The van der Waals surface area contributed by atoms with Crippen LogP contribution in [0.1, 0.15) is 30.4 Å². The van der Waals surface area contributed by atoms with Gasteiger partial charge in [-0.25, -0.2) is 0 Å². The van der Waals surface area contributed by atoms with Crippen LogP contribution in [-0.4, -0.2) is 20.1 Å². The standard InChI is InChI=1S/C14H22N2/c1-12-7-6-8-13(11-15-2)14(12)16-9-4-3-5-10-16/h6-8,15H,3-5,9-11H2,1-2H3. The average molecular weight is 218 g/mol. The second-order valence-corrected chi connectivity index (χ2v) is 4.66. The van der Waals surface area contributed by atoms with Gasteiger partial charge in [-0.05, 0) is 44.4 Å². The lowest BCUT2D eigenvalue weighted by Gasteiger charge is -2.32. The molecule has 0 unspecified atom stereocenters. The summed E-state index contributed by atoms with van der Waals surface area (Å²) in [5.74, 6) is 0. The van der Waals surface area contributed by atoms with Crippen LogP contribution in [0, 0.1) is 6.92 Å². The van der Waals surface area contributed by atoms with Gasteiger partial charge in [-0.15, -0.1) is 0 Å². The average Bonchev–Trinajstić information content (AvgIpc) is 2.31. The third-order valence-electron chi connectivity index (χ3n) is 3.36. The number of benzene rings is 1. The fraction of sp³-hybridized carbons (Fsp3) is 0.571. The summed E-state index contributed by atoms with van der Waals surface area (Å²) in [5, 5.41) is 3.26. The first-order chi connectivity index (χ1) is 7.83. The second-order valence-electron chi connectivity index (χ2n) is 4.66. The minimum Gasteiger partial charge on any atom is -0.371 e. The molecule has 88 valence electrons. The van der Waals surface area contributed by atoms with Gasteiger partial charge in [-0.3, -0.25) is 0 Å². The lowest BCUT2D eigenvalue weighted by molar-refractivity contribution is 0.574. The summed E-state index contributed by atoms with van der Waals surface area (Å²) in [6.07, 6.45) is 4.07. The fourth-order valence-corrected chi connectivity index (χ4v) is 2.62. The van der Waals surface area contributed by atoms with E-state index in [1.165, 1.54) is 49.2 Å². The molecular weight excluding hydrogens is 196 g/mol. The van der Waals surface area contributed by atoms with Crippen molar-refractivity contribution < 1.29 is 0 Å². The molecule has 2 nitrogen and oxygen atoms in total. The number of piperidine rings is 1. The van der Waals surface area contributed by atoms with Gasteiger partial charge in [0.1, 0.15) is 0 Å². The predicted molar refractivity (Wildman–Crippen MR) is 70.0 cm³/mol. The van der Waals surface area contributed by atoms with Crippen molar-refractivity contribution >= 4 is 5.69 Å². The number of hydrogen-bond acceptors (Lipinski definition) is 2. The van der Waals surface area contributed by atoms with E-state index in [1.807, 2.05) is 7.05 Å². The zero-order chi connectivity index (χ0) is 11.4. The number of hydrogen-bond donors (Lipinski definition) is 1. The topological polar surface area (TPSA) is 15.3 Å². The van der Waals surface area contributed by atoms with E-state index in [1.54, 1.807) is 0 Å². The Labute approximate surface area is 98.7 Å². The van der Waals surface area contributed by atoms with E-state index in [-0.39, 0.29) is 0 Å². The molecule has 1 aromatic carbocycles. The zero-order valence-electron chi connectivity index (χ0n) is 10.4.